The van der Waals surface area contributed by atoms with E-state index < -0.39 is 12.0 Å². The minimum absolute atomic E-state index is 0. The molecule has 0 spiro atoms. The lowest BCUT2D eigenvalue weighted by Gasteiger charge is -2.07. The summed E-state index contributed by atoms with van der Waals surface area (Å²) in [7, 11) is 0. The Hall–Kier alpha value is -0.320. The summed E-state index contributed by atoms with van der Waals surface area (Å²) < 4.78 is 4.77. The van der Waals surface area contributed by atoms with Crippen molar-refractivity contribution in [3.63, 3.8) is 0 Å². The van der Waals surface area contributed by atoms with E-state index in [1.807, 2.05) is 0 Å². The van der Waals surface area contributed by atoms with Crippen LogP contribution in [0, 0.1) is 0 Å². The summed E-state index contributed by atoms with van der Waals surface area (Å²) in [6.45, 7) is 2.12. The van der Waals surface area contributed by atoms with Gasteiger partial charge in [0.1, 0.15) is 6.04 Å². The fourth-order valence-corrected chi connectivity index (χ4v) is 0.706. The third kappa shape index (κ3) is 8.02. The summed E-state index contributed by atoms with van der Waals surface area (Å²) >= 11 is 0. The number of esters is 1. The highest BCUT2D eigenvalue weighted by Crippen LogP contribution is 1.95. The number of hydrogen-bond donors (Lipinski definition) is 2. The standard InChI is InChI=1S/C8H17NO3.ClH/c1-2-3-4-5-12-8(11)7(9)6-10;/h7,10H,2-6,9H2,1H3;1H/t7-;/m0./s1. The van der Waals surface area contributed by atoms with Crippen molar-refractivity contribution in [2.75, 3.05) is 13.2 Å². The third-order valence-electron chi connectivity index (χ3n) is 1.49. The number of aliphatic hydroxyl groups is 1. The minimum Gasteiger partial charge on any atom is -0.464 e. The van der Waals surface area contributed by atoms with Crippen LogP contribution in [0.1, 0.15) is 26.2 Å². The van der Waals surface area contributed by atoms with Crippen LogP contribution in [0.25, 0.3) is 0 Å². The molecule has 0 aromatic heterocycles. The first-order valence-corrected chi connectivity index (χ1v) is 4.25. The fraction of sp³-hybridized carbons (Fsp3) is 0.875. The van der Waals surface area contributed by atoms with Gasteiger partial charge in [0.15, 0.2) is 0 Å². The Bertz CT molecular complexity index is 133. The number of ether oxygens (including phenoxy) is 1. The normalized spacial score (nSPS) is 11.6. The molecule has 0 unspecified atom stereocenters. The second kappa shape index (κ2) is 9.77. The molecule has 0 aromatic carbocycles. The highest BCUT2D eigenvalue weighted by Gasteiger charge is 2.12. The van der Waals surface area contributed by atoms with E-state index in [9.17, 15) is 4.79 Å². The molecule has 4 nitrogen and oxygen atoms in total. The highest BCUT2D eigenvalue weighted by molar-refractivity contribution is 5.85. The largest absolute Gasteiger partial charge is 0.464 e. The Balaban J connectivity index is 0. The predicted octanol–water partition coefficient (Wildman–Crippen LogP) is 0.461. The van der Waals surface area contributed by atoms with Gasteiger partial charge in [0.25, 0.3) is 0 Å². The van der Waals surface area contributed by atoms with Gasteiger partial charge >= 0.3 is 5.97 Å². The maximum Gasteiger partial charge on any atom is 0.325 e. The zero-order valence-corrected chi connectivity index (χ0v) is 8.68. The Morgan fingerprint density at radius 1 is 1.54 bits per heavy atom. The quantitative estimate of drug-likeness (QED) is 0.495. The van der Waals surface area contributed by atoms with Crippen molar-refractivity contribution in [3.05, 3.63) is 0 Å². The average Bonchev–Trinajstić information content (AvgIpc) is 2.10. The van der Waals surface area contributed by atoms with Crippen molar-refractivity contribution in [1.82, 2.24) is 0 Å². The molecule has 0 saturated heterocycles. The van der Waals surface area contributed by atoms with E-state index in [1.165, 1.54) is 0 Å². The second-order valence-electron chi connectivity index (χ2n) is 2.66. The molecule has 13 heavy (non-hydrogen) atoms. The number of aliphatic hydroxyl groups excluding tert-OH is 1. The zero-order valence-electron chi connectivity index (χ0n) is 7.86. The maximum absolute atomic E-state index is 10.8. The van der Waals surface area contributed by atoms with Gasteiger partial charge in [0.05, 0.1) is 13.2 Å². The van der Waals surface area contributed by atoms with Crippen LogP contribution in [0.15, 0.2) is 0 Å². The topological polar surface area (TPSA) is 72.5 Å². The zero-order chi connectivity index (χ0) is 9.40. The molecular weight excluding hydrogens is 194 g/mol. The van der Waals surface area contributed by atoms with Crippen LogP contribution in [0.3, 0.4) is 0 Å². The molecule has 3 N–H and O–H groups in total. The Kier molecular flexibility index (Phi) is 11.4. The lowest BCUT2D eigenvalue weighted by atomic mass is 10.3. The summed E-state index contributed by atoms with van der Waals surface area (Å²) in [4.78, 5) is 10.8. The van der Waals surface area contributed by atoms with Crippen molar-refractivity contribution >= 4 is 18.4 Å². The van der Waals surface area contributed by atoms with Gasteiger partial charge in [-0.15, -0.1) is 12.4 Å². The van der Waals surface area contributed by atoms with E-state index in [2.05, 4.69) is 6.92 Å². The molecule has 0 fully saturated rings. The van der Waals surface area contributed by atoms with Gasteiger partial charge in [-0.05, 0) is 6.42 Å². The molecule has 0 aromatic rings. The van der Waals surface area contributed by atoms with Crippen LogP contribution >= 0.6 is 12.4 Å². The highest BCUT2D eigenvalue weighted by atomic mass is 35.5. The van der Waals surface area contributed by atoms with Gasteiger partial charge in [-0.2, -0.15) is 0 Å². The van der Waals surface area contributed by atoms with E-state index in [4.69, 9.17) is 15.6 Å². The van der Waals surface area contributed by atoms with Gasteiger partial charge in [-0.25, -0.2) is 0 Å². The second-order valence-corrected chi connectivity index (χ2v) is 2.66. The number of rotatable bonds is 6. The average molecular weight is 212 g/mol. The molecular formula is C8H18ClNO3. The molecule has 1 atom stereocenters. The number of unbranched alkanes of at least 4 members (excludes halogenated alkanes) is 2. The van der Waals surface area contributed by atoms with Gasteiger partial charge in [-0.1, -0.05) is 19.8 Å². The third-order valence-corrected chi connectivity index (χ3v) is 1.49. The first-order valence-electron chi connectivity index (χ1n) is 4.25. The first kappa shape index (κ1) is 15.2. The van der Waals surface area contributed by atoms with Gasteiger partial charge in [0, 0.05) is 0 Å². The number of carbonyl (C=O) groups is 1. The van der Waals surface area contributed by atoms with Crippen molar-refractivity contribution in [1.29, 1.82) is 0 Å². The van der Waals surface area contributed by atoms with Gasteiger partial charge in [0.2, 0.25) is 0 Å². The summed E-state index contributed by atoms with van der Waals surface area (Å²) in [5.41, 5.74) is 5.21. The van der Waals surface area contributed by atoms with Gasteiger partial charge in [-0.3, -0.25) is 4.79 Å². The minimum atomic E-state index is -0.883. The lowest BCUT2D eigenvalue weighted by Crippen LogP contribution is -2.35. The number of halogens is 1. The van der Waals surface area contributed by atoms with Crippen LogP contribution in [0.2, 0.25) is 0 Å². The number of nitrogens with two attached hydrogens (primary N) is 1. The van der Waals surface area contributed by atoms with Crippen molar-refractivity contribution in [3.8, 4) is 0 Å². The van der Waals surface area contributed by atoms with E-state index in [0.29, 0.717) is 6.61 Å². The summed E-state index contributed by atoms with van der Waals surface area (Å²) in [5.74, 6) is -0.520. The molecule has 0 heterocycles. The lowest BCUT2D eigenvalue weighted by molar-refractivity contribution is -0.146. The summed E-state index contributed by atoms with van der Waals surface area (Å²) in [5, 5.41) is 8.48. The summed E-state index contributed by atoms with van der Waals surface area (Å²) in [6.07, 6.45) is 2.99. The van der Waals surface area contributed by atoms with E-state index >= 15 is 0 Å². The Morgan fingerprint density at radius 3 is 2.62 bits per heavy atom. The van der Waals surface area contributed by atoms with E-state index in [-0.39, 0.29) is 19.0 Å². The molecule has 0 aliphatic heterocycles. The van der Waals surface area contributed by atoms with Crippen molar-refractivity contribution < 1.29 is 14.6 Å². The first-order chi connectivity index (χ1) is 5.72. The number of hydrogen-bond acceptors (Lipinski definition) is 4. The van der Waals surface area contributed by atoms with Crippen LogP contribution in [0.4, 0.5) is 0 Å². The molecule has 0 saturated carbocycles. The van der Waals surface area contributed by atoms with Crippen LogP contribution in [-0.2, 0) is 9.53 Å². The van der Waals surface area contributed by atoms with Crippen molar-refractivity contribution in [2.45, 2.75) is 32.2 Å². The van der Waals surface area contributed by atoms with E-state index in [1.54, 1.807) is 0 Å². The van der Waals surface area contributed by atoms with Gasteiger partial charge < -0.3 is 15.6 Å². The Labute approximate surface area is 84.9 Å². The number of carbonyl (C=O) groups excluding carboxylic acids is 1. The summed E-state index contributed by atoms with van der Waals surface area (Å²) in [6, 6.07) is -0.883. The van der Waals surface area contributed by atoms with Crippen LogP contribution in [-0.4, -0.2) is 30.3 Å². The molecule has 5 heteroatoms. The SMILES string of the molecule is CCCCCOC(=O)[C@@H](N)CO.Cl. The molecule has 80 valence electrons. The smallest absolute Gasteiger partial charge is 0.325 e. The molecule has 0 aliphatic carbocycles. The van der Waals surface area contributed by atoms with Crippen LogP contribution < -0.4 is 5.73 Å². The molecule has 0 radical (unpaired) electrons. The maximum atomic E-state index is 10.8. The molecule has 0 rings (SSSR count). The molecule has 0 aliphatic rings. The van der Waals surface area contributed by atoms with E-state index in [0.717, 1.165) is 19.3 Å². The molecule has 0 amide bonds. The molecule has 0 bridgehead atoms. The van der Waals surface area contributed by atoms with Crippen molar-refractivity contribution in [2.24, 2.45) is 5.73 Å². The fourth-order valence-electron chi connectivity index (χ4n) is 0.706. The monoisotopic (exact) mass is 211 g/mol. The predicted molar refractivity (Wildman–Crippen MR) is 52.8 cm³/mol. The van der Waals surface area contributed by atoms with Crippen LogP contribution in [0.5, 0.6) is 0 Å². The Morgan fingerprint density at radius 2 is 2.15 bits per heavy atom.